The van der Waals surface area contributed by atoms with Gasteiger partial charge in [0.05, 0.1) is 5.75 Å². The van der Waals surface area contributed by atoms with Crippen LogP contribution in [0.5, 0.6) is 0 Å². The zero-order valence-corrected chi connectivity index (χ0v) is 17.9. The Bertz CT molecular complexity index is 893. The number of sulfonamides is 1. The first kappa shape index (κ1) is 20.9. The molecule has 0 unspecified atom stereocenters. The zero-order chi connectivity index (χ0) is 20.1. The molecular formula is C19H26N4O3S2. The predicted octanol–water partition coefficient (Wildman–Crippen LogP) is 1.88. The number of thioether (sulfide) groups is 1. The third-order valence-electron chi connectivity index (χ3n) is 4.84. The van der Waals surface area contributed by atoms with Crippen LogP contribution in [0.2, 0.25) is 0 Å². The minimum Gasteiger partial charge on any atom is -0.341 e. The van der Waals surface area contributed by atoms with Crippen molar-refractivity contribution in [2.75, 3.05) is 31.9 Å². The molecule has 7 nitrogen and oxygen atoms in total. The highest BCUT2D eigenvalue weighted by Crippen LogP contribution is 2.18. The van der Waals surface area contributed by atoms with E-state index in [0.717, 1.165) is 5.75 Å². The molecule has 1 saturated heterocycles. The van der Waals surface area contributed by atoms with Crippen LogP contribution in [-0.2, 0) is 27.6 Å². The van der Waals surface area contributed by atoms with E-state index in [4.69, 9.17) is 0 Å². The molecule has 28 heavy (non-hydrogen) atoms. The third-order valence-corrected chi connectivity index (χ3v) is 7.59. The zero-order valence-electron chi connectivity index (χ0n) is 16.2. The molecule has 2 aromatic rings. The van der Waals surface area contributed by atoms with E-state index >= 15 is 0 Å². The third kappa shape index (κ3) is 4.95. The average Bonchev–Trinajstić information content (AvgIpc) is 2.88. The molecule has 1 aliphatic rings. The first-order valence-electron chi connectivity index (χ1n) is 9.27. The first-order chi connectivity index (χ1) is 13.4. The van der Waals surface area contributed by atoms with E-state index < -0.39 is 10.0 Å². The Morgan fingerprint density at radius 2 is 1.89 bits per heavy atom. The molecule has 0 saturated carbocycles. The fourth-order valence-electron chi connectivity index (χ4n) is 3.09. The molecule has 0 bridgehead atoms. The van der Waals surface area contributed by atoms with Gasteiger partial charge in [-0.2, -0.15) is 4.31 Å². The van der Waals surface area contributed by atoms with Gasteiger partial charge < -0.3 is 9.47 Å². The SMILES string of the molecule is Cc1nc(S(=O)(=O)N2CCCN(C(=O)CSCc3ccccc3)CC2)cn1C. The number of hydrogen-bond donors (Lipinski definition) is 0. The van der Waals surface area contributed by atoms with E-state index in [1.54, 1.807) is 41.4 Å². The quantitative estimate of drug-likeness (QED) is 0.711. The van der Waals surface area contributed by atoms with Crippen molar-refractivity contribution < 1.29 is 13.2 Å². The van der Waals surface area contributed by atoms with Crippen molar-refractivity contribution in [2.24, 2.45) is 7.05 Å². The molecule has 9 heteroatoms. The highest BCUT2D eigenvalue weighted by atomic mass is 32.2. The van der Waals surface area contributed by atoms with Crippen molar-refractivity contribution in [3.05, 3.63) is 47.9 Å². The molecular weight excluding hydrogens is 396 g/mol. The highest BCUT2D eigenvalue weighted by molar-refractivity contribution is 7.99. The standard InChI is InChI=1S/C19H26N4O3S2/c1-16-20-18(13-21(16)2)28(25,26)23-10-6-9-22(11-12-23)19(24)15-27-14-17-7-4-3-5-8-17/h3-5,7-8,13H,6,9-12,14-15H2,1-2H3. The Morgan fingerprint density at radius 1 is 1.14 bits per heavy atom. The molecule has 3 rings (SSSR count). The molecule has 2 heterocycles. The molecule has 1 aliphatic heterocycles. The second-order valence-electron chi connectivity index (χ2n) is 6.85. The number of carbonyl (C=O) groups is 1. The summed E-state index contributed by atoms with van der Waals surface area (Å²) in [5.41, 5.74) is 1.19. The number of amides is 1. The summed E-state index contributed by atoms with van der Waals surface area (Å²) in [6, 6.07) is 10.1. The van der Waals surface area contributed by atoms with Crippen molar-refractivity contribution in [3.63, 3.8) is 0 Å². The number of rotatable bonds is 6. The van der Waals surface area contributed by atoms with Gasteiger partial charge in [-0.25, -0.2) is 13.4 Å². The summed E-state index contributed by atoms with van der Waals surface area (Å²) in [7, 11) is -1.86. The molecule has 0 aliphatic carbocycles. The van der Waals surface area contributed by atoms with Gasteiger partial charge in [0.15, 0.2) is 5.03 Å². The summed E-state index contributed by atoms with van der Waals surface area (Å²) in [6.45, 7) is 3.47. The molecule has 152 valence electrons. The maximum atomic E-state index is 12.9. The molecule has 1 aromatic heterocycles. The molecule has 1 fully saturated rings. The van der Waals surface area contributed by atoms with Crippen LogP contribution >= 0.6 is 11.8 Å². The van der Waals surface area contributed by atoms with E-state index in [9.17, 15) is 13.2 Å². The minimum atomic E-state index is -3.63. The topological polar surface area (TPSA) is 75.5 Å². The van der Waals surface area contributed by atoms with Crippen molar-refractivity contribution in [2.45, 2.75) is 24.1 Å². The van der Waals surface area contributed by atoms with E-state index in [1.807, 2.05) is 30.3 Å². The fourth-order valence-corrected chi connectivity index (χ4v) is 5.47. The highest BCUT2D eigenvalue weighted by Gasteiger charge is 2.30. The van der Waals surface area contributed by atoms with Gasteiger partial charge in [-0.3, -0.25) is 4.79 Å². The molecule has 1 aromatic carbocycles. The summed E-state index contributed by atoms with van der Waals surface area (Å²) in [5, 5.41) is 0.0747. The maximum Gasteiger partial charge on any atom is 0.262 e. The van der Waals surface area contributed by atoms with Crippen LogP contribution in [0.1, 0.15) is 17.8 Å². The second-order valence-corrected chi connectivity index (χ2v) is 9.72. The summed E-state index contributed by atoms with van der Waals surface area (Å²) in [6.07, 6.45) is 2.17. The number of aromatic nitrogens is 2. The van der Waals surface area contributed by atoms with Gasteiger partial charge in [-0.15, -0.1) is 11.8 Å². The lowest BCUT2D eigenvalue weighted by Gasteiger charge is -2.21. The van der Waals surface area contributed by atoms with E-state index in [1.165, 1.54) is 9.87 Å². The van der Waals surface area contributed by atoms with Crippen LogP contribution in [0, 0.1) is 6.92 Å². The monoisotopic (exact) mass is 422 g/mol. The molecule has 0 radical (unpaired) electrons. The largest absolute Gasteiger partial charge is 0.341 e. The van der Waals surface area contributed by atoms with Crippen LogP contribution in [0.25, 0.3) is 0 Å². The Kier molecular flexibility index (Phi) is 6.79. The molecule has 0 atom stereocenters. The van der Waals surface area contributed by atoms with Gasteiger partial charge in [0.1, 0.15) is 5.82 Å². The van der Waals surface area contributed by atoms with Gasteiger partial charge in [-0.1, -0.05) is 30.3 Å². The predicted molar refractivity (Wildman–Crippen MR) is 111 cm³/mol. The van der Waals surface area contributed by atoms with Crippen molar-refractivity contribution in [1.82, 2.24) is 18.8 Å². The summed E-state index contributed by atoms with van der Waals surface area (Å²) >= 11 is 1.59. The number of carbonyl (C=O) groups excluding carboxylic acids is 1. The van der Waals surface area contributed by atoms with Gasteiger partial charge in [-0.05, 0) is 18.9 Å². The van der Waals surface area contributed by atoms with Gasteiger partial charge >= 0.3 is 0 Å². The number of benzene rings is 1. The summed E-state index contributed by atoms with van der Waals surface area (Å²) in [5.74, 6) is 1.91. The Morgan fingerprint density at radius 3 is 2.57 bits per heavy atom. The van der Waals surface area contributed by atoms with Crippen LogP contribution in [-0.4, -0.2) is 65.0 Å². The van der Waals surface area contributed by atoms with E-state index in [0.29, 0.717) is 44.2 Å². The van der Waals surface area contributed by atoms with Crippen molar-refractivity contribution in [1.29, 1.82) is 0 Å². The van der Waals surface area contributed by atoms with Crippen LogP contribution < -0.4 is 0 Å². The lowest BCUT2D eigenvalue weighted by molar-refractivity contribution is -0.128. The number of aryl methyl sites for hydroxylation is 2. The number of imidazole rings is 1. The maximum absolute atomic E-state index is 12.9. The second kappa shape index (κ2) is 9.11. The normalized spacial score (nSPS) is 16.1. The van der Waals surface area contributed by atoms with Gasteiger partial charge in [0.2, 0.25) is 5.91 Å². The molecule has 0 N–H and O–H groups in total. The van der Waals surface area contributed by atoms with Gasteiger partial charge in [0.25, 0.3) is 10.0 Å². The lowest BCUT2D eigenvalue weighted by Crippen LogP contribution is -2.38. The number of hydrogen-bond acceptors (Lipinski definition) is 5. The first-order valence-corrected chi connectivity index (χ1v) is 11.9. The van der Waals surface area contributed by atoms with Crippen LogP contribution in [0.15, 0.2) is 41.6 Å². The molecule has 0 spiro atoms. The number of nitrogens with zero attached hydrogens (tertiary/aromatic N) is 4. The average molecular weight is 423 g/mol. The van der Waals surface area contributed by atoms with Crippen molar-refractivity contribution in [3.8, 4) is 0 Å². The van der Waals surface area contributed by atoms with Crippen LogP contribution in [0.4, 0.5) is 0 Å². The molecule has 1 amide bonds. The Hall–Kier alpha value is -1.84. The lowest BCUT2D eigenvalue weighted by atomic mass is 10.2. The van der Waals surface area contributed by atoms with E-state index in [-0.39, 0.29) is 10.9 Å². The Labute approximate surface area is 170 Å². The van der Waals surface area contributed by atoms with Crippen LogP contribution in [0.3, 0.4) is 0 Å². The minimum absolute atomic E-state index is 0.0638. The fraction of sp³-hybridized carbons (Fsp3) is 0.474. The summed E-state index contributed by atoms with van der Waals surface area (Å²) < 4.78 is 28.8. The smallest absolute Gasteiger partial charge is 0.262 e. The Balaban J connectivity index is 1.54. The van der Waals surface area contributed by atoms with E-state index in [2.05, 4.69) is 4.98 Å². The van der Waals surface area contributed by atoms with Crippen molar-refractivity contribution >= 4 is 27.7 Å². The summed E-state index contributed by atoms with van der Waals surface area (Å²) in [4.78, 5) is 18.5. The van der Waals surface area contributed by atoms with Gasteiger partial charge in [0, 0.05) is 45.2 Å².